The molecule has 0 radical (unpaired) electrons. The van der Waals surface area contributed by atoms with Crippen LogP contribution in [0.5, 0.6) is 0 Å². The monoisotopic (exact) mass is 294 g/mol. The maximum Gasteiger partial charge on any atom is 0.137 e. The second-order valence-corrected chi connectivity index (χ2v) is 5.75. The van der Waals surface area contributed by atoms with Gasteiger partial charge in [-0.05, 0) is 18.9 Å². The summed E-state index contributed by atoms with van der Waals surface area (Å²) in [4.78, 5) is 8.84. The first-order chi connectivity index (χ1) is 10.3. The number of hydrogen-bond donors (Lipinski definition) is 1. The molecule has 1 aliphatic heterocycles. The van der Waals surface area contributed by atoms with E-state index in [0.29, 0.717) is 38.7 Å². The zero-order valence-electron chi connectivity index (χ0n) is 12.2. The van der Waals surface area contributed by atoms with E-state index in [0.717, 1.165) is 18.7 Å². The van der Waals surface area contributed by atoms with Gasteiger partial charge in [0.25, 0.3) is 0 Å². The van der Waals surface area contributed by atoms with Crippen molar-refractivity contribution >= 4 is 0 Å². The minimum Gasteiger partial charge on any atom is -0.390 e. The van der Waals surface area contributed by atoms with Crippen LogP contribution in [0.25, 0.3) is 0 Å². The SMILES string of the molecule is OCc1ccnc(C2(COCC3COCCO3)CCC2)n1. The van der Waals surface area contributed by atoms with Crippen molar-refractivity contribution < 1.29 is 19.3 Å². The number of nitrogens with zero attached hydrogens (tertiary/aromatic N) is 2. The highest BCUT2D eigenvalue weighted by Crippen LogP contribution is 2.42. The highest BCUT2D eigenvalue weighted by atomic mass is 16.6. The average molecular weight is 294 g/mol. The standard InChI is InChI=1S/C15H22N2O4/c18-8-12-2-5-16-14(17-12)15(3-1-4-15)11-20-10-13-9-19-6-7-21-13/h2,5,13,18H,1,3-4,6-11H2. The fourth-order valence-electron chi connectivity index (χ4n) is 2.79. The molecule has 1 atom stereocenters. The van der Waals surface area contributed by atoms with Crippen LogP contribution in [0.4, 0.5) is 0 Å². The van der Waals surface area contributed by atoms with Gasteiger partial charge in [0.2, 0.25) is 0 Å². The van der Waals surface area contributed by atoms with Gasteiger partial charge in [0.15, 0.2) is 0 Å². The number of aliphatic hydroxyl groups excluding tert-OH is 1. The van der Waals surface area contributed by atoms with Crippen molar-refractivity contribution in [2.24, 2.45) is 0 Å². The Balaban J connectivity index is 1.58. The fraction of sp³-hybridized carbons (Fsp3) is 0.733. The van der Waals surface area contributed by atoms with E-state index in [-0.39, 0.29) is 18.1 Å². The molecule has 116 valence electrons. The van der Waals surface area contributed by atoms with Gasteiger partial charge in [-0.15, -0.1) is 0 Å². The van der Waals surface area contributed by atoms with E-state index in [4.69, 9.17) is 14.2 Å². The Hall–Kier alpha value is -1.08. The molecule has 0 aromatic carbocycles. The van der Waals surface area contributed by atoms with Gasteiger partial charge in [0.1, 0.15) is 11.9 Å². The molecule has 0 bridgehead atoms. The summed E-state index contributed by atoms with van der Waals surface area (Å²) in [6.45, 7) is 3.00. The molecule has 1 aliphatic carbocycles. The molecule has 21 heavy (non-hydrogen) atoms. The van der Waals surface area contributed by atoms with Gasteiger partial charge in [-0.1, -0.05) is 6.42 Å². The van der Waals surface area contributed by atoms with Gasteiger partial charge in [0, 0.05) is 6.20 Å². The second-order valence-electron chi connectivity index (χ2n) is 5.75. The third-order valence-electron chi connectivity index (χ3n) is 4.23. The number of aliphatic hydroxyl groups is 1. The van der Waals surface area contributed by atoms with Gasteiger partial charge in [-0.2, -0.15) is 0 Å². The van der Waals surface area contributed by atoms with Crippen LogP contribution in [0, 0.1) is 0 Å². The van der Waals surface area contributed by atoms with Gasteiger partial charge in [-0.25, -0.2) is 9.97 Å². The lowest BCUT2D eigenvalue weighted by Gasteiger charge is -2.40. The summed E-state index contributed by atoms with van der Waals surface area (Å²) in [5.74, 6) is 0.793. The fourth-order valence-corrected chi connectivity index (χ4v) is 2.79. The minimum absolute atomic E-state index is 0.0283. The first kappa shape index (κ1) is 14.8. The Kier molecular flexibility index (Phi) is 4.80. The molecule has 1 saturated heterocycles. The Morgan fingerprint density at radius 2 is 2.29 bits per heavy atom. The smallest absolute Gasteiger partial charge is 0.137 e. The van der Waals surface area contributed by atoms with Crippen LogP contribution in [0.2, 0.25) is 0 Å². The number of rotatable bonds is 6. The summed E-state index contributed by atoms with van der Waals surface area (Å²) in [6.07, 6.45) is 4.97. The Morgan fingerprint density at radius 3 is 2.95 bits per heavy atom. The first-order valence-corrected chi connectivity index (χ1v) is 7.53. The Bertz CT molecular complexity index is 459. The summed E-state index contributed by atoms with van der Waals surface area (Å²) in [5, 5.41) is 9.21. The Morgan fingerprint density at radius 1 is 1.38 bits per heavy atom. The predicted molar refractivity (Wildman–Crippen MR) is 74.9 cm³/mol. The maximum atomic E-state index is 9.21. The summed E-state index contributed by atoms with van der Waals surface area (Å²) in [6, 6.07) is 1.74. The molecule has 6 nitrogen and oxygen atoms in total. The van der Waals surface area contributed by atoms with Crippen molar-refractivity contribution in [2.45, 2.75) is 37.4 Å². The van der Waals surface area contributed by atoms with Crippen LogP contribution in [-0.4, -0.2) is 54.2 Å². The largest absolute Gasteiger partial charge is 0.390 e. The highest BCUT2D eigenvalue weighted by Gasteiger charge is 2.42. The normalized spacial score (nSPS) is 24.5. The number of hydrogen-bond acceptors (Lipinski definition) is 6. The van der Waals surface area contributed by atoms with Crippen LogP contribution in [0.1, 0.15) is 30.8 Å². The molecule has 2 heterocycles. The van der Waals surface area contributed by atoms with Gasteiger partial charge in [0.05, 0.1) is 50.8 Å². The molecule has 1 aromatic heterocycles. The zero-order valence-corrected chi connectivity index (χ0v) is 12.2. The van der Waals surface area contributed by atoms with E-state index < -0.39 is 0 Å². The van der Waals surface area contributed by atoms with Crippen LogP contribution in [-0.2, 0) is 26.2 Å². The van der Waals surface area contributed by atoms with Crippen molar-refractivity contribution in [2.75, 3.05) is 33.0 Å². The molecule has 1 N–H and O–H groups in total. The van der Waals surface area contributed by atoms with E-state index in [1.807, 2.05) is 0 Å². The highest BCUT2D eigenvalue weighted by molar-refractivity contribution is 5.15. The average Bonchev–Trinajstić information content (AvgIpc) is 2.51. The molecule has 3 rings (SSSR count). The van der Waals surface area contributed by atoms with Crippen LogP contribution < -0.4 is 0 Å². The molecule has 1 aromatic rings. The minimum atomic E-state index is -0.0965. The maximum absolute atomic E-state index is 9.21. The lowest BCUT2D eigenvalue weighted by molar-refractivity contribution is -0.121. The van der Waals surface area contributed by atoms with Crippen molar-refractivity contribution in [3.63, 3.8) is 0 Å². The molecular formula is C15H22N2O4. The van der Waals surface area contributed by atoms with Crippen LogP contribution in [0.15, 0.2) is 12.3 Å². The summed E-state index contributed by atoms with van der Waals surface area (Å²) >= 11 is 0. The third kappa shape index (κ3) is 3.40. The van der Waals surface area contributed by atoms with Gasteiger partial charge >= 0.3 is 0 Å². The molecule has 1 saturated carbocycles. The van der Waals surface area contributed by atoms with E-state index >= 15 is 0 Å². The topological polar surface area (TPSA) is 73.7 Å². The van der Waals surface area contributed by atoms with E-state index in [1.54, 1.807) is 12.3 Å². The molecular weight excluding hydrogens is 272 g/mol. The Labute approximate surface area is 124 Å². The van der Waals surface area contributed by atoms with Crippen LogP contribution in [0.3, 0.4) is 0 Å². The van der Waals surface area contributed by atoms with Crippen molar-refractivity contribution in [1.82, 2.24) is 9.97 Å². The van der Waals surface area contributed by atoms with E-state index in [9.17, 15) is 5.11 Å². The molecule has 0 amide bonds. The molecule has 2 aliphatic rings. The summed E-state index contributed by atoms with van der Waals surface area (Å²) < 4.78 is 16.8. The first-order valence-electron chi connectivity index (χ1n) is 7.53. The number of ether oxygens (including phenoxy) is 3. The molecule has 6 heteroatoms. The van der Waals surface area contributed by atoms with E-state index in [2.05, 4.69) is 9.97 Å². The van der Waals surface area contributed by atoms with Gasteiger partial charge in [-0.3, -0.25) is 0 Å². The summed E-state index contributed by atoms with van der Waals surface area (Å²) in [5.41, 5.74) is 0.566. The molecule has 1 unspecified atom stereocenters. The van der Waals surface area contributed by atoms with E-state index in [1.165, 1.54) is 6.42 Å². The lowest BCUT2D eigenvalue weighted by atomic mass is 9.68. The van der Waals surface area contributed by atoms with Crippen molar-refractivity contribution in [3.8, 4) is 0 Å². The second kappa shape index (κ2) is 6.79. The van der Waals surface area contributed by atoms with Crippen molar-refractivity contribution in [3.05, 3.63) is 23.8 Å². The predicted octanol–water partition coefficient (Wildman–Crippen LogP) is 0.823. The summed E-state index contributed by atoms with van der Waals surface area (Å²) in [7, 11) is 0. The van der Waals surface area contributed by atoms with Crippen molar-refractivity contribution in [1.29, 1.82) is 0 Å². The third-order valence-corrected chi connectivity index (χ3v) is 4.23. The molecule has 2 fully saturated rings. The molecule has 0 spiro atoms. The van der Waals surface area contributed by atoms with Gasteiger partial charge < -0.3 is 19.3 Å². The quantitative estimate of drug-likeness (QED) is 0.837. The lowest BCUT2D eigenvalue weighted by Crippen LogP contribution is -2.42. The van der Waals surface area contributed by atoms with Crippen LogP contribution >= 0.6 is 0 Å². The zero-order chi connectivity index (χ0) is 14.5. The number of aromatic nitrogens is 2.